The summed E-state index contributed by atoms with van der Waals surface area (Å²) in [7, 11) is 0. The van der Waals surface area contributed by atoms with E-state index in [1.807, 2.05) is 48.9 Å². The molecule has 1 N–H and O–H groups in total. The van der Waals surface area contributed by atoms with Gasteiger partial charge in [-0.2, -0.15) is 0 Å². The van der Waals surface area contributed by atoms with E-state index in [-0.39, 0.29) is 11.2 Å². The molecule has 32 heavy (non-hydrogen) atoms. The van der Waals surface area contributed by atoms with Crippen LogP contribution in [0.25, 0.3) is 10.8 Å². The van der Waals surface area contributed by atoms with Gasteiger partial charge in [-0.1, -0.05) is 42.1 Å². The van der Waals surface area contributed by atoms with Crippen molar-refractivity contribution in [1.82, 2.24) is 19.7 Å². The number of carbonyl (C=O) groups excluding carboxylic acids is 1. The van der Waals surface area contributed by atoms with Crippen molar-refractivity contribution in [2.45, 2.75) is 51.3 Å². The summed E-state index contributed by atoms with van der Waals surface area (Å²) in [4.78, 5) is 16.8. The number of benzene rings is 2. The van der Waals surface area contributed by atoms with Crippen LogP contribution in [0.2, 0.25) is 0 Å². The fourth-order valence-corrected chi connectivity index (χ4v) is 4.99. The van der Waals surface area contributed by atoms with Crippen LogP contribution in [0, 0.1) is 13.8 Å². The molecule has 0 saturated heterocycles. The topological polar surface area (TPSA) is 81.9 Å². The minimum absolute atomic E-state index is 0.111. The molecule has 7 nitrogen and oxygen atoms in total. The molecule has 0 unspecified atom stereocenters. The number of aryl methyl sites for hydroxylation is 2. The van der Waals surface area contributed by atoms with Crippen LogP contribution in [0.4, 0.5) is 5.13 Å². The first-order chi connectivity index (χ1) is 15.5. The molecule has 4 rings (SSSR count). The second-order valence-corrected chi connectivity index (χ2v) is 9.55. The van der Waals surface area contributed by atoms with Gasteiger partial charge in [-0.3, -0.25) is 4.79 Å². The van der Waals surface area contributed by atoms with Gasteiger partial charge in [0.25, 0.3) is 0 Å². The van der Waals surface area contributed by atoms with Crippen molar-refractivity contribution in [3.63, 3.8) is 0 Å². The summed E-state index contributed by atoms with van der Waals surface area (Å²) in [6, 6.07) is 12.3. The number of hydrogen-bond donors (Lipinski definition) is 1. The molecule has 0 aliphatic heterocycles. The summed E-state index contributed by atoms with van der Waals surface area (Å²) in [5.41, 5.74) is 1.99. The van der Waals surface area contributed by atoms with Gasteiger partial charge in [0.2, 0.25) is 5.91 Å². The Labute approximate surface area is 195 Å². The molecule has 0 saturated carbocycles. The zero-order chi connectivity index (χ0) is 22.7. The largest absolute Gasteiger partial charge is 0.485 e. The summed E-state index contributed by atoms with van der Waals surface area (Å²) in [6.07, 6.45) is 0. The molecule has 2 heterocycles. The summed E-state index contributed by atoms with van der Waals surface area (Å²) < 4.78 is 8.09. The number of amides is 1. The number of hydrogen-bond acceptors (Lipinski definition) is 7. The summed E-state index contributed by atoms with van der Waals surface area (Å²) in [6.45, 7) is 8.83. The van der Waals surface area contributed by atoms with Crippen LogP contribution in [0.1, 0.15) is 30.9 Å². The van der Waals surface area contributed by atoms with Crippen molar-refractivity contribution in [2.24, 2.45) is 0 Å². The Kier molecular flexibility index (Phi) is 6.76. The highest BCUT2D eigenvalue weighted by Crippen LogP contribution is 2.28. The minimum Gasteiger partial charge on any atom is -0.485 e. The quantitative estimate of drug-likeness (QED) is 0.358. The molecule has 2 aromatic carbocycles. The monoisotopic (exact) mass is 467 g/mol. The molecule has 166 valence electrons. The Bertz CT molecular complexity index is 1250. The van der Waals surface area contributed by atoms with Gasteiger partial charge in [-0.25, -0.2) is 4.98 Å². The zero-order valence-electron chi connectivity index (χ0n) is 18.5. The molecule has 1 amide bonds. The average Bonchev–Trinajstić information content (AvgIpc) is 3.38. The normalized spacial score (nSPS) is 12.1. The second-order valence-electron chi connectivity index (χ2n) is 7.38. The lowest BCUT2D eigenvalue weighted by atomic mass is 10.0. The van der Waals surface area contributed by atoms with E-state index in [1.165, 1.54) is 33.9 Å². The first-order valence-corrected chi connectivity index (χ1v) is 12.1. The molecule has 0 aliphatic rings. The number of thiazole rings is 1. The highest BCUT2D eigenvalue weighted by atomic mass is 32.2. The fourth-order valence-electron chi connectivity index (χ4n) is 3.37. The first kappa shape index (κ1) is 22.3. The predicted octanol–water partition coefficient (Wildman–Crippen LogP) is 5.22. The van der Waals surface area contributed by atoms with Gasteiger partial charge in [0.15, 0.2) is 16.1 Å². The third-order valence-corrected chi connectivity index (χ3v) is 7.07. The van der Waals surface area contributed by atoms with E-state index in [0.717, 1.165) is 22.8 Å². The van der Waals surface area contributed by atoms with Crippen molar-refractivity contribution in [1.29, 1.82) is 0 Å². The maximum Gasteiger partial charge on any atom is 0.239 e. The lowest BCUT2D eigenvalue weighted by Crippen LogP contribution is -2.23. The molecule has 9 heteroatoms. The Hall–Kier alpha value is -2.91. The third kappa shape index (κ3) is 4.78. The summed E-state index contributed by atoms with van der Waals surface area (Å²) in [5, 5.41) is 16.7. The SMILES string of the molecule is CCn1c(COc2ccc3ccccc3c2C)nnc1S[C@@H](C)C(=O)Nc1nc(C)cs1. The lowest BCUT2D eigenvalue weighted by molar-refractivity contribution is -0.115. The number of anilines is 1. The lowest BCUT2D eigenvalue weighted by Gasteiger charge is -2.13. The van der Waals surface area contributed by atoms with Crippen LogP contribution in [0.15, 0.2) is 46.9 Å². The summed E-state index contributed by atoms with van der Waals surface area (Å²) >= 11 is 2.79. The highest BCUT2D eigenvalue weighted by molar-refractivity contribution is 8.00. The molecule has 0 fully saturated rings. The number of ether oxygens (including phenoxy) is 1. The van der Waals surface area contributed by atoms with Gasteiger partial charge >= 0.3 is 0 Å². The molecule has 0 bridgehead atoms. The first-order valence-electron chi connectivity index (χ1n) is 10.4. The van der Waals surface area contributed by atoms with Crippen LogP contribution in [0.3, 0.4) is 0 Å². The zero-order valence-corrected chi connectivity index (χ0v) is 20.1. The number of nitrogens with one attached hydrogen (secondary N) is 1. The Morgan fingerprint density at radius 3 is 2.78 bits per heavy atom. The maximum absolute atomic E-state index is 12.5. The van der Waals surface area contributed by atoms with E-state index in [2.05, 4.69) is 45.6 Å². The van der Waals surface area contributed by atoms with E-state index >= 15 is 0 Å². The molecule has 0 radical (unpaired) electrons. The van der Waals surface area contributed by atoms with Crippen molar-refractivity contribution in [3.05, 3.63) is 58.9 Å². The number of rotatable bonds is 8. The molecule has 4 aromatic rings. The van der Waals surface area contributed by atoms with E-state index in [4.69, 9.17) is 4.74 Å². The van der Waals surface area contributed by atoms with Crippen LogP contribution in [0.5, 0.6) is 5.75 Å². The fraction of sp³-hybridized carbons (Fsp3) is 0.304. The molecule has 2 aromatic heterocycles. The number of thioether (sulfide) groups is 1. The highest BCUT2D eigenvalue weighted by Gasteiger charge is 2.21. The van der Waals surface area contributed by atoms with Crippen LogP contribution in [-0.4, -0.2) is 30.9 Å². The van der Waals surface area contributed by atoms with Crippen molar-refractivity contribution >= 4 is 44.9 Å². The predicted molar refractivity (Wildman–Crippen MR) is 130 cm³/mol. The Balaban J connectivity index is 1.43. The van der Waals surface area contributed by atoms with Crippen molar-refractivity contribution < 1.29 is 9.53 Å². The van der Waals surface area contributed by atoms with Crippen LogP contribution in [-0.2, 0) is 17.9 Å². The van der Waals surface area contributed by atoms with Gasteiger partial charge in [0.05, 0.1) is 10.9 Å². The third-order valence-electron chi connectivity index (χ3n) is 5.12. The van der Waals surface area contributed by atoms with Crippen molar-refractivity contribution in [2.75, 3.05) is 5.32 Å². The van der Waals surface area contributed by atoms with Gasteiger partial charge in [-0.05, 0) is 50.1 Å². The van der Waals surface area contributed by atoms with Crippen LogP contribution >= 0.6 is 23.1 Å². The van der Waals surface area contributed by atoms with E-state index in [0.29, 0.717) is 23.4 Å². The Morgan fingerprint density at radius 1 is 1.22 bits per heavy atom. The maximum atomic E-state index is 12.5. The minimum atomic E-state index is -0.342. The number of nitrogens with zero attached hydrogens (tertiary/aromatic N) is 4. The molecule has 0 aliphatic carbocycles. The number of fused-ring (bicyclic) bond motifs is 1. The van der Waals surface area contributed by atoms with Gasteiger partial charge in [0, 0.05) is 11.9 Å². The smallest absolute Gasteiger partial charge is 0.239 e. The van der Waals surface area contributed by atoms with Crippen LogP contribution < -0.4 is 10.1 Å². The van der Waals surface area contributed by atoms with Gasteiger partial charge in [-0.15, -0.1) is 21.5 Å². The average molecular weight is 468 g/mol. The van der Waals surface area contributed by atoms with Gasteiger partial charge in [0.1, 0.15) is 12.4 Å². The Morgan fingerprint density at radius 2 is 2.03 bits per heavy atom. The van der Waals surface area contributed by atoms with E-state index in [1.54, 1.807) is 0 Å². The molecule has 1 atom stereocenters. The number of aromatic nitrogens is 4. The molecular formula is C23H25N5O2S2. The number of carbonyl (C=O) groups is 1. The molecular weight excluding hydrogens is 442 g/mol. The van der Waals surface area contributed by atoms with Crippen molar-refractivity contribution in [3.8, 4) is 5.75 Å². The molecule has 0 spiro atoms. The second kappa shape index (κ2) is 9.70. The van der Waals surface area contributed by atoms with E-state index in [9.17, 15) is 4.79 Å². The van der Waals surface area contributed by atoms with E-state index < -0.39 is 0 Å². The summed E-state index contributed by atoms with van der Waals surface area (Å²) in [5.74, 6) is 1.44. The standard InChI is InChI=1S/C23H25N5O2S2/c1-5-28-20(12-30-19-11-10-17-8-6-7-9-18(17)15(19)3)26-27-23(28)32-16(4)21(29)25-22-24-14(2)13-31-22/h6-11,13,16H,5,12H2,1-4H3,(H,24,25,29)/t16-/m0/s1. The van der Waals surface area contributed by atoms with Gasteiger partial charge < -0.3 is 14.6 Å².